The van der Waals surface area contributed by atoms with Crippen molar-refractivity contribution in [1.82, 2.24) is 10.2 Å². The SMILES string of the molecule is C#C[C@@H]1CN(C(=O)OC(C)(C)C)[C@@H](COC(=O)NCC(F)(F)F)CO1. The van der Waals surface area contributed by atoms with Crippen LogP contribution in [0.1, 0.15) is 20.8 Å². The zero-order valence-electron chi connectivity index (χ0n) is 14.2. The maximum Gasteiger partial charge on any atom is 0.410 e. The molecule has 142 valence electrons. The molecule has 1 heterocycles. The minimum absolute atomic E-state index is 0.0175. The van der Waals surface area contributed by atoms with Crippen LogP contribution in [0, 0.1) is 12.3 Å². The number of carbonyl (C=O) groups excluding carboxylic acids is 2. The van der Waals surface area contributed by atoms with Gasteiger partial charge in [-0.05, 0) is 20.8 Å². The fourth-order valence-electron chi connectivity index (χ4n) is 1.88. The van der Waals surface area contributed by atoms with Gasteiger partial charge < -0.3 is 19.5 Å². The number of amides is 2. The number of alkyl carbamates (subject to hydrolysis) is 1. The van der Waals surface area contributed by atoms with Gasteiger partial charge in [-0.3, -0.25) is 4.90 Å². The summed E-state index contributed by atoms with van der Waals surface area (Å²) in [5.74, 6) is 2.36. The molecule has 10 heteroatoms. The van der Waals surface area contributed by atoms with Gasteiger partial charge in [0, 0.05) is 0 Å². The second-order valence-corrected chi connectivity index (χ2v) is 6.34. The highest BCUT2D eigenvalue weighted by molar-refractivity contribution is 5.69. The molecule has 0 aromatic carbocycles. The van der Waals surface area contributed by atoms with Crippen LogP contribution in [-0.4, -0.2) is 67.3 Å². The molecule has 1 aliphatic rings. The molecule has 1 N–H and O–H groups in total. The minimum atomic E-state index is -4.55. The molecule has 0 aliphatic carbocycles. The van der Waals surface area contributed by atoms with Crippen LogP contribution in [0.2, 0.25) is 0 Å². The third-order valence-corrected chi connectivity index (χ3v) is 2.95. The molecular formula is C15H21F3N2O5. The smallest absolute Gasteiger partial charge is 0.410 e. The minimum Gasteiger partial charge on any atom is -0.447 e. The lowest BCUT2D eigenvalue weighted by Crippen LogP contribution is -2.55. The Kier molecular flexibility index (Phi) is 6.93. The number of morpholine rings is 1. The highest BCUT2D eigenvalue weighted by atomic mass is 19.4. The second kappa shape index (κ2) is 8.29. The zero-order valence-corrected chi connectivity index (χ0v) is 14.2. The van der Waals surface area contributed by atoms with Crippen molar-refractivity contribution in [2.75, 3.05) is 26.3 Å². The van der Waals surface area contributed by atoms with Crippen molar-refractivity contribution >= 4 is 12.2 Å². The number of alkyl halides is 3. The Hall–Kier alpha value is -2.15. The molecule has 0 bridgehead atoms. The largest absolute Gasteiger partial charge is 0.447 e. The normalized spacial score (nSPS) is 21.2. The monoisotopic (exact) mass is 366 g/mol. The van der Waals surface area contributed by atoms with Crippen LogP contribution in [0.5, 0.6) is 0 Å². The first-order valence-corrected chi connectivity index (χ1v) is 7.46. The fourth-order valence-corrected chi connectivity index (χ4v) is 1.88. The molecular weight excluding hydrogens is 345 g/mol. The summed E-state index contributed by atoms with van der Waals surface area (Å²) in [5.41, 5.74) is -0.753. The number of carbonyl (C=O) groups is 2. The van der Waals surface area contributed by atoms with Crippen molar-refractivity contribution in [2.24, 2.45) is 0 Å². The number of ether oxygens (including phenoxy) is 3. The molecule has 1 aliphatic heterocycles. The predicted octanol–water partition coefficient (Wildman–Crippen LogP) is 1.91. The zero-order chi connectivity index (χ0) is 19.3. The standard InChI is InChI=1S/C15H21F3N2O5/c1-5-11-6-20(13(22)25-14(2,3)4)10(7-23-11)8-24-12(21)19-9-15(16,17)18/h1,10-11H,6-9H2,2-4H3,(H,19,21)/t10-,11-/m1/s1. The topological polar surface area (TPSA) is 77.1 Å². The first-order valence-electron chi connectivity index (χ1n) is 7.46. The van der Waals surface area contributed by atoms with Gasteiger partial charge in [0.2, 0.25) is 0 Å². The van der Waals surface area contributed by atoms with Gasteiger partial charge in [-0.15, -0.1) is 6.42 Å². The summed E-state index contributed by atoms with van der Waals surface area (Å²) in [6, 6.07) is -0.726. The molecule has 0 spiro atoms. The Morgan fingerprint density at radius 2 is 2.00 bits per heavy atom. The van der Waals surface area contributed by atoms with E-state index in [1.165, 1.54) is 4.90 Å². The van der Waals surface area contributed by atoms with Gasteiger partial charge in [0.05, 0.1) is 19.2 Å². The van der Waals surface area contributed by atoms with E-state index in [-0.39, 0.29) is 19.8 Å². The van der Waals surface area contributed by atoms with E-state index in [2.05, 4.69) is 5.92 Å². The van der Waals surface area contributed by atoms with Crippen LogP contribution in [0.4, 0.5) is 22.8 Å². The number of hydrogen-bond acceptors (Lipinski definition) is 5. The maximum absolute atomic E-state index is 12.3. The van der Waals surface area contributed by atoms with E-state index < -0.39 is 42.7 Å². The van der Waals surface area contributed by atoms with Crippen molar-refractivity contribution in [1.29, 1.82) is 0 Å². The summed E-state index contributed by atoms with van der Waals surface area (Å²) in [7, 11) is 0. The second-order valence-electron chi connectivity index (χ2n) is 6.34. The van der Waals surface area contributed by atoms with Gasteiger partial charge >= 0.3 is 18.4 Å². The van der Waals surface area contributed by atoms with Crippen molar-refractivity contribution in [3.63, 3.8) is 0 Å². The molecule has 1 fully saturated rings. The van der Waals surface area contributed by atoms with Gasteiger partial charge in [0.15, 0.2) is 0 Å². The summed E-state index contributed by atoms with van der Waals surface area (Å²) in [5, 5.41) is 1.57. The highest BCUT2D eigenvalue weighted by Gasteiger charge is 2.35. The Morgan fingerprint density at radius 1 is 1.36 bits per heavy atom. The first kappa shape index (κ1) is 20.9. The Morgan fingerprint density at radius 3 is 2.52 bits per heavy atom. The van der Waals surface area contributed by atoms with E-state index in [0.717, 1.165) is 0 Å². The van der Waals surface area contributed by atoms with E-state index in [9.17, 15) is 22.8 Å². The third kappa shape index (κ3) is 7.98. The van der Waals surface area contributed by atoms with Gasteiger partial charge in [-0.2, -0.15) is 13.2 Å². The molecule has 0 unspecified atom stereocenters. The molecule has 2 atom stereocenters. The Balaban J connectivity index is 2.63. The molecule has 0 aromatic heterocycles. The van der Waals surface area contributed by atoms with Crippen LogP contribution in [-0.2, 0) is 14.2 Å². The van der Waals surface area contributed by atoms with Crippen molar-refractivity contribution in [3.8, 4) is 12.3 Å². The van der Waals surface area contributed by atoms with Crippen molar-refractivity contribution in [3.05, 3.63) is 0 Å². The lowest BCUT2D eigenvalue weighted by Gasteiger charge is -2.38. The van der Waals surface area contributed by atoms with Gasteiger partial charge in [0.1, 0.15) is 24.9 Å². The third-order valence-electron chi connectivity index (χ3n) is 2.95. The number of halogens is 3. The van der Waals surface area contributed by atoms with Crippen LogP contribution in [0.15, 0.2) is 0 Å². The number of terminal acetylenes is 1. The average Bonchev–Trinajstić information content (AvgIpc) is 2.48. The summed E-state index contributed by atoms with van der Waals surface area (Å²) < 4.78 is 51.4. The maximum atomic E-state index is 12.3. The molecule has 0 saturated carbocycles. The summed E-state index contributed by atoms with van der Waals surface area (Å²) in [6.07, 6.45) is -1.84. The summed E-state index contributed by atoms with van der Waals surface area (Å²) >= 11 is 0. The van der Waals surface area contributed by atoms with E-state index in [1.807, 2.05) is 0 Å². The van der Waals surface area contributed by atoms with E-state index in [0.29, 0.717) is 0 Å². The highest BCUT2D eigenvalue weighted by Crippen LogP contribution is 2.17. The number of rotatable bonds is 3. The quantitative estimate of drug-likeness (QED) is 0.772. The van der Waals surface area contributed by atoms with E-state index in [4.69, 9.17) is 20.6 Å². The number of nitrogens with zero attached hydrogens (tertiary/aromatic N) is 1. The van der Waals surface area contributed by atoms with Crippen LogP contribution >= 0.6 is 0 Å². The van der Waals surface area contributed by atoms with Crippen LogP contribution in [0.25, 0.3) is 0 Å². The molecule has 2 amide bonds. The summed E-state index contributed by atoms with van der Waals surface area (Å²) in [6.45, 7) is 3.15. The van der Waals surface area contributed by atoms with E-state index >= 15 is 0 Å². The molecule has 25 heavy (non-hydrogen) atoms. The fraction of sp³-hybridized carbons (Fsp3) is 0.733. The Labute approximate surface area is 143 Å². The van der Waals surface area contributed by atoms with Crippen molar-refractivity contribution in [2.45, 2.75) is 44.7 Å². The van der Waals surface area contributed by atoms with E-state index in [1.54, 1.807) is 26.1 Å². The van der Waals surface area contributed by atoms with Gasteiger partial charge in [-0.1, -0.05) is 5.92 Å². The average molecular weight is 366 g/mol. The molecule has 7 nitrogen and oxygen atoms in total. The predicted molar refractivity (Wildman–Crippen MR) is 80.7 cm³/mol. The summed E-state index contributed by atoms with van der Waals surface area (Å²) in [4.78, 5) is 24.8. The molecule has 1 saturated heterocycles. The Bertz CT molecular complexity index is 525. The van der Waals surface area contributed by atoms with Gasteiger partial charge in [-0.25, -0.2) is 9.59 Å². The lowest BCUT2D eigenvalue weighted by molar-refractivity contribution is -0.124. The van der Waals surface area contributed by atoms with Crippen molar-refractivity contribution < 1.29 is 37.0 Å². The molecule has 1 rings (SSSR count). The van der Waals surface area contributed by atoms with Crippen LogP contribution < -0.4 is 5.32 Å². The number of hydrogen-bond donors (Lipinski definition) is 1. The molecule has 0 aromatic rings. The first-order chi connectivity index (χ1) is 11.4. The number of nitrogens with one attached hydrogen (secondary N) is 1. The molecule has 0 radical (unpaired) electrons. The lowest BCUT2D eigenvalue weighted by atomic mass is 10.2. The van der Waals surface area contributed by atoms with Gasteiger partial charge in [0.25, 0.3) is 0 Å². The van der Waals surface area contributed by atoms with Crippen LogP contribution in [0.3, 0.4) is 0 Å².